The maximum absolute atomic E-state index is 12.0. The summed E-state index contributed by atoms with van der Waals surface area (Å²) in [7, 11) is 1.59. The first-order valence-electron chi connectivity index (χ1n) is 7.29. The summed E-state index contributed by atoms with van der Waals surface area (Å²) >= 11 is 0. The number of ether oxygens (including phenoxy) is 3. The Labute approximate surface area is 131 Å². The van der Waals surface area contributed by atoms with Gasteiger partial charge in [-0.2, -0.15) is 0 Å². The van der Waals surface area contributed by atoms with E-state index in [9.17, 15) is 4.79 Å². The highest BCUT2D eigenvalue weighted by molar-refractivity contribution is 5.87. The van der Waals surface area contributed by atoms with E-state index < -0.39 is 11.7 Å². The molecular weight excluding hydrogens is 284 g/mol. The van der Waals surface area contributed by atoms with Gasteiger partial charge >= 0.3 is 6.09 Å². The van der Waals surface area contributed by atoms with Gasteiger partial charge in [-0.1, -0.05) is 0 Å². The Hall–Kier alpha value is -1.95. The van der Waals surface area contributed by atoms with E-state index in [1.165, 1.54) is 0 Å². The average molecular weight is 308 g/mol. The fourth-order valence-corrected chi connectivity index (χ4v) is 2.05. The third-order valence-electron chi connectivity index (χ3n) is 3.18. The van der Waals surface area contributed by atoms with Crippen molar-refractivity contribution in [1.82, 2.24) is 5.32 Å². The second kappa shape index (κ2) is 6.04. The van der Waals surface area contributed by atoms with Crippen LogP contribution in [0.1, 0.15) is 27.7 Å². The number of benzene rings is 1. The van der Waals surface area contributed by atoms with Gasteiger partial charge in [0.2, 0.25) is 0 Å². The van der Waals surface area contributed by atoms with Gasteiger partial charge in [0.05, 0.1) is 12.8 Å². The molecule has 1 amide bonds. The summed E-state index contributed by atoms with van der Waals surface area (Å²) in [5, 5.41) is 5.90. The van der Waals surface area contributed by atoms with E-state index in [1.54, 1.807) is 25.3 Å². The number of rotatable bonds is 4. The molecular formula is C16H24N2O4. The van der Waals surface area contributed by atoms with E-state index in [0.717, 1.165) is 13.1 Å². The predicted octanol–water partition coefficient (Wildman–Crippen LogP) is 2.78. The van der Waals surface area contributed by atoms with Gasteiger partial charge < -0.3 is 19.5 Å². The molecule has 0 saturated carbocycles. The molecule has 0 aliphatic carbocycles. The molecule has 2 rings (SSSR count). The van der Waals surface area contributed by atoms with Gasteiger partial charge in [-0.25, -0.2) is 4.79 Å². The first kappa shape index (κ1) is 16.4. The van der Waals surface area contributed by atoms with Crippen molar-refractivity contribution in [3.8, 4) is 11.5 Å². The summed E-state index contributed by atoms with van der Waals surface area (Å²) < 4.78 is 16.5. The number of carbonyl (C=O) groups excluding carboxylic acids is 1. The molecule has 0 spiro atoms. The summed E-state index contributed by atoms with van der Waals surface area (Å²) in [5.41, 5.74) is -0.277. The quantitative estimate of drug-likeness (QED) is 0.895. The minimum Gasteiger partial charge on any atom is -0.497 e. The third kappa shape index (κ3) is 4.27. The first-order chi connectivity index (χ1) is 10.2. The molecule has 0 bridgehead atoms. The third-order valence-corrected chi connectivity index (χ3v) is 3.18. The molecule has 1 aliphatic heterocycles. The normalized spacial score (nSPS) is 16.4. The van der Waals surface area contributed by atoms with Crippen molar-refractivity contribution in [1.29, 1.82) is 0 Å². The molecule has 22 heavy (non-hydrogen) atoms. The highest BCUT2D eigenvalue weighted by atomic mass is 16.6. The van der Waals surface area contributed by atoms with Gasteiger partial charge in [0.25, 0.3) is 0 Å². The smallest absolute Gasteiger partial charge is 0.412 e. The molecule has 1 saturated heterocycles. The second-order valence-electron chi connectivity index (χ2n) is 6.64. The van der Waals surface area contributed by atoms with E-state index in [4.69, 9.17) is 14.2 Å². The molecule has 1 fully saturated rings. The zero-order valence-corrected chi connectivity index (χ0v) is 13.8. The van der Waals surface area contributed by atoms with E-state index >= 15 is 0 Å². The van der Waals surface area contributed by atoms with Crippen LogP contribution in [0.5, 0.6) is 11.5 Å². The molecule has 2 N–H and O–H groups in total. The molecule has 1 aliphatic rings. The number of amides is 1. The van der Waals surface area contributed by atoms with Crippen LogP contribution in [0.15, 0.2) is 18.2 Å². The van der Waals surface area contributed by atoms with Crippen LogP contribution in [0.2, 0.25) is 0 Å². The molecule has 122 valence electrons. The lowest BCUT2D eigenvalue weighted by molar-refractivity contribution is 0.0350. The Bertz CT molecular complexity index is 548. The summed E-state index contributed by atoms with van der Waals surface area (Å²) in [5.74, 6) is 1.23. The van der Waals surface area contributed by atoms with Crippen LogP contribution in [0.25, 0.3) is 0 Å². The van der Waals surface area contributed by atoms with E-state index in [1.807, 2.05) is 27.7 Å². The van der Waals surface area contributed by atoms with Crippen molar-refractivity contribution < 1.29 is 19.0 Å². The van der Waals surface area contributed by atoms with Crippen LogP contribution in [0, 0.1) is 0 Å². The maximum atomic E-state index is 12.0. The molecule has 0 unspecified atom stereocenters. The number of anilines is 1. The van der Waals surface area contributed by atoms with Crippen LogP contribution in [0.4, 0.5) is 10.5 Å². The lowest BCUT2D eigenvalue weighted by Gasteiger charge is -2.39. The monoisotopic (exact) mass is 308 g/mol. The fraction of sp³-hybridized carbons (Fsp3) is 0.562. The fourth-order valence-electron chi connectivity index (χ4n) is 2.05. The largest absolute Gasteiger partial charge is 0.497 e. The van der Waals surface area contributed by atoms with E-state index in [-0.39, 0.29) is 5.60 Å². The summed E-state index contributed by atoms with van der Waals surface area (Å²) in [6.07, 6.45) is -0.514. The number of methoxy groups -OCH3 is 1. The van der Waals surface area contributed by atoms with Gasteiger partial charge in [-0.05, 0) is 39.8 Å². The standard InChI is InChI=1S/C16H24N2O4/c1-15(2,3)22-14(19)18-12-7-6-11(20-5)8-13(12)21-16(4)9-17-10-16/h6-8,17H,9-10H2,1-5H3,(H,18,19). The highest BCUT2D eigenvalue weighted by Crippen LogP contribution is 2.33. The maximum Gasteiger partial charge on any atom is 0.412 e. The van der Waals surface area contributed by atoms with Crippen molar-refractivity contribution in [2.24, 2.45) is 0 Å². The molecule has 1 heterocycles. The molecule has 0 aromatic heterocycles. The summed E-state index contributed by atoms with van der Waals surface area (Å²) in [4.78, 5) is 12.0. The number of hydrogen-bond acceptors (Lipinski definition) is 5. The Morgan fingerprint density at radius 3 is 2.50 bits per heavy atom. The minimum atomic E-state index is -0.554. The lowest BCUT2D eigenvalue weighted by Crippen LogP contribution is -2.61. The van der Waals surface area contributed by atoms with Crippen LogP contribution in [-0.4, -0.2) is 37.5 Å². The van der Waals surface area contributed by atoms with E-state index in [0.29, 0.717) is 17.2 Å². The SMILES string of the molecule is COc1ccc(NC(=O)OC(C)(C)C)c(OC2(C)CNC2)c1. The van der Waals surface area contributed by atoms with Crippen LogP contribution in [-0.2, 0) is 4.74 Å². The number of hydrogen-bond donors (Lipinski definition) is 2. The molecule has 6 nitrogen and oxygen atoms in total. The Balaban J connectivity index is 2.16. The summed E-state index contributed by atoms with van der Waals surface area (Å²) in [6, 6.07) is 5.27. The van der Waals surface area contributed by atoms with Gasteiger partial charge in [0.1, 0.15) is 22.7 Å². The average Bonchev–Trinajstić information content (AvgIpc) is 2.36. The van der Waals surface area contributed by atoms with Gasteiger partial charge in [0.15, 0.2) is 0 Å². The minimum absolute atomic E-state index is 0.281. The number of nitrogens with one attached hydrogen (secondary N) is 2. The van der Waals surface area contributed by atoms with Crippen molar-refractivity contribution in [2.45, 2.75) is 38.9 Å². The highest BCUT2D eigenvalue weighted by Gasteiger charge is 2.34. The van der Waals surface area contributed by atoms with Crippen molar-refractivity contribution in [3.63, 3.8) is 0 Å². The van der Waals surface area contributed by atoms with Crippen LogP contribution < -0.4 is 20.1 Å². The van der Waals surface area contributed by atoms with Crippen LogP contribution >= 0.6 is 0 Å². The topological polar surface area (TPSA) is 68.8 Å². The second-order valence-corrected chi connectivity index (χ2v) is 6.64. The molecule has 0 atom stereocenters. The molecule has 1 aromatic rings. The first-order valence-corrected chi connectivity index (χ1v) is 7.29. The number of carbonyl (C=O) groups is 1. The van der Waals surface area contributed by atoms with E-state index in [2.05, 4.69) is 10.6 Å². The van der Waals surface area contributed by atoms with Crippen molar-refractivity contribution in [3.05, 3.63) is 18.2 Å². The zero-order chi connectivity index (χ0) is 16.4. The molecule has 1 aromatic carbocycles. The van der Waals surface area contributed by atoms with Crippen molar-refractivity contribution in [2.75, 3.05) is 25.5 Å². The van der Waals surface area contributed by atoms with Gasteiger partial charge in [-0.15, -0.1) is 0 Å². The van der Waals surface area contributed by atoms with Crippen LogP contribution in [0.3, 0.4) is 0 Å². The Kier molecular flexibility index (Phi) is 4.51. The van der Waals surface area contributed by atoms with Gasteiger partial charge in [0, 0.05) is 19.2 Å². The zero-order valence-electron chi connectivity index (χ0n) is 13.8. The lowest BCUT2D eigenvalue weighted by atomic mass is 10.00. The predicted molar refractivity (Wildman–Crippen MR) is 84.8 cm³/mol. The van der Waals surface area contributed by atoms with Crippen molar-refractivity contribution >= 4 is 11.8 Å². The molecule has 6 heteroatoms. The summed E-state index contributed by atoms with van der Waals surface area (Å²) in [6.45, 7) is 8.99. The Morgan fingerprint density at radius 1 is 1.32 bits per heavy atom. The molecule has 0 radical (unpaired) electrons. The van der Waals surface area contributed by atoms with Gasteiger partial charge in [-0.3, -0.25) is 5.32 Å². The Morgan fingerprint density at radius 2 is 2.00 bits per heavy atom.